The van der Waals surface area contributed by atoms with Gasteiger partial charge in [0, 0.05) is 0 Å². The highest BCUT2D eigenvalue weighted by Crippen LogP contribution is 2.35. The Bertz CT molecular complexity index is 1310. The van der Waals surface area contributed by atoms with Gasteiger partial charge < -0.3 is 5.32 Å². The molecule has 8 heteroatoms. The van der Waals surface area contributed by atoms with Gasteiger partial charge in [-0.3, -0.25) is 0 Å². The summed E-state index contributed by atoms with van der Waals surface area (Å²) in [6.07, 6.45) is 0. The normalized spacial score (nSPS) is 11.7. The Kier molecular flexibility index (Phi) is 5.02. The molecule has 0 spiro atoms. The first-order valence-electron chi connectivity index (χ1n) is 8.80. The Labute approximate surface area is 179 Å². The number of hydrogen-bond acceptors (Lipinski definition) is 4. The van der Waals surface area contributed by atoms with E-state index >= 15 is 0 Å². The molecule has 0 aliphatic carbocycles. The molecule has 1 heterocycles. The first kappa shape index (κ1) is 19.8. The van der Waals surface area contributed by atoms with Gasteiger partial charge in [-0.2, -0.15) is 0 Å². The van der Waals surface area contributed by atoms with E-state index in [1.807, 2.05) is 19.9 Å². The maximum absolute atomic E-state index is 13.5. The molecule has 0 fully saturated rings. The van der Waals surface area contributed by atoms with Crippen molar-refractivity contribution in [1.82, 2.24) is 8.96 Å². The number of anilines is 2. The second kappa shape index (κ2) is 7.37. The number of fused-ring (bicyclic) bond motifs is 1. The second-order valence-electron chi connectivity index (χ2n) is 6.73. The molecule has 0 atom stereocenters. The standard InChI is InChI=1S/C21H17Cl2N3O2S/c1-13-6-9-15(10-7-13)29(27,28)26-19-12-14(2)8-11-18(19)24-21(26)25-20-16(22)4-3-5-17(20)23/h3-12H,1-2H3,(H,24,25). The summed E-state index contributed by atoms with van der Waals surface area (Å²) in [6, 6.07) is 17.2. The molecule has 1 aromatic heterocycles. The van der Waals surface area contributed by atoms with Gasteiger partial charge >= 0.3 is 0 Å². The molecule has 0 saturated carbocycles. The molecule has 5 nitrogen and oxygen atoms in total. The van der Waals surface area contributed by atoms with Crippen LogP contribution in [0.2, 0.25) is 10.0 Å². The van der Waals surface area contributed by atoms with E-state index < -0.39 is 10.0 Å². The number of aryl methyl sites for hydroxylation is 2. The van der Waals surface area contributed by atoms with Gasteiger partial charge in [0.25, 0.3) is 10.0 Å². The maximum atomic E-state index is 13.5. The van der Waals surface area contributed by atoms with Crippen molar-refractivity contribution in [1.29, 1.82) is 0 Å². The number of aromatic nitrogens is 2. The van der Waals surface area contributed by atoms with Crippen LogP contribution >= 0.6 is 23.2 Å². The van der Waals surface area contributed by atoms with Crippen LogP contribution in [-0.2, 0) is 10.0 Å². The zero-order valence-electron chi connectivity index (χ0n) is 15.6. The Morgan fingerprint density at radius 3 is 2.17 bits per heavy atom. The average Bonchev–Trinajstić information content (AvgIpc) is 3.03. The van der Waals surface area contributed by atoms with Gasteiger partial charge in [0.05, 0.1) is 31.7 Å². The summed E-state index contributed by atoms with van der Waals surface area (Å²) in [6.45, 7) is 3.80. The molecule has 0 bridgehead atoms. The predicted octanol–water partition coefficient (Wildman–Crippen LogP) is 5.94. The smallest absolute Gasteiger partial charge is 0.271 e. The lowest BCUT2D eigenvalue weighted by Crippen LogP contribution is -2.15. The van der Waals surface area contributed by atoms with Crippen LogP contribution in [0.3, 0.4) is 0 Å². The minimum atomic E-state index is -3.93. The highest BCUT2D eigenvalue weighted by Gasteiger charge is 2.25. The van der Waals surface area contributed by atoms with Crippen molar-refractivity contribution in [3.05, 3.63) is 81.8 Å². The molecule has 0 unspecified atom stereocenters. The van der Waals surface area contributed by atoms with Gasteiger partial charge in [0.1, 0.15) is 0 Å². The lowest BCUT2D eigenvalue weighted by atomic mass is 10.2. The van der Waals surface area contributed by atoms with Crippen molar-refractivity contribution in [2.45, 2.75) is 18.7 Å². The van der Waals surface area contributed by atoms with E-state index in [4.69, 9.17) is 23.2 Å². The van der Waals surface area contributed by atoms with Gasteiger partial charge in [-0.1, -0.05) is 53.0 Å². The van der Waals surface area contributed by atoms with E-state index in [-0.39, 0.29) is 10.8 Å². The van der Waals surface area contributed by atoms with Crippen LogP contribution in [0.5, 0.6) is 0 Å². The van der Waals surface area contributed by atoms with Gasteiger partial charge in [0.15, 0.2) is 0 Å². The molecule has 0 amide bonds. The van der Waals surface area contributed by atoms with Crippen LogP contribution in [0.15, 0.2) is 65.6 Å². The Balaban J connectivity index is 1.97. The lowest BCUT2D eigenvalue weighted by molar-refractivity contribution is 0.589. The number of nitrogens with one attached hydrogen (secondary N) is 1. The molecule has 148 valence electrons. The number of halogens is 2. The monoisotopic (exact) mass is 445 g/mol. The minimum absolute atomic E-state index is 0.112. The average molecular weight is 446 g/mol. The summed E-state index contributed by atoms with van der Waals surface area (Å²) in [5.74, 6) is 0.112. The summed E-state index contributed by atoms with van der Waals surface area (Å²) in [4.78, 5) is 4.66. The Morgan fingerprint density at radius 2 is 1.52 bits per heavy atom. The quantitative estimate of drug-likeness (QED) is 0.421. The molecule has 3 aromatic carbocycles. The van der Waals surface area contributed by atoms with Gasteiger partial charge in [-0.15, -0.1) is 0 Å². The highest BCUT2D eigenvalue weighted by atomic mass is 35.5. The molecular weight excluding hydrogens is 429 g/mol. The van der Waals surface area contributed by atoms with Crippen LogP contribution in [0.4, 0.5) is 11.6 Å². The van der Waals surface area contributed by atoms with Crippen molar-refractivity contribution in [2.75, 3.05) is 5.32 Å². The van der Waals surface area contributed by atoms with Gasteiger partial charge in [-0.05, 0) is 55.8 Å². The highest BCUT2D eigenvalue weighted by molar-refractivity contribution is 7.90. The molecular formula is C21H17Cl2N3O2S. The van der Waals surface area contributed by atoms with Crippen molar-refractivity contribution < 1.29 is 8.42 Å². The first-order valence-corrected chi connectivity index (χ1v) is 11.0. The number of nitrogens with zero attached hydrogens (tertiary/aromatic N) is 2. The first-order chi connectivity index (χ1) is 13.8. The van der Waals surface area contributed by atoms with E-state index in [0.29, 0.717) is 26.8 Å². The van der Waals surface area contributed by atoms with E-state index in [1.54, 1.807) is 54.6 Å². The van der Waals surface area contributed by atoms with E-state index in [1.165, 1.54) is 3.97 Å². The molecule has 0 aliphatic rings. The molecule has 0 aliphatic heterocycles. The molecule has 0 radical (unpaired) electrons. The molecule has 4 aromatic rings. The summed E-state index contributed by atoms with van der Waals surface area (Å²) in [5, 5.41) is 3.74. The van der Waals surface area contributed by atoms with Crippen molar-refractivity contribution in [3.63, 3.8) is 0 Å². The predicted molar refractivity (Wildman–Crippen MR) is 118 cm³/mol. The summed E-state index contributed by atoms with van der Waals surface area (Å²) in [7, 11) is -3.93. The van der Waals surface area contributed by atoms with E-state index in [9.17, 15) is 8.42 Å². The van der Waals surface area contributed by atoms with Crippen LogP contribution in [-0.4, -0.2) is 17.4 Å². The SMILES string of the molecule is Cc1ccc(S(=O)(=O)n2c(Nc3c(Cl)cccc3Cl)nc3ccc(C)cc32)cc1. The van der Waals surface area contributed by atoms with Crippen LogP contribution < -0.4 is 5.32 Å². The van der Waals surface area contributed by atoms with E-state index in [0.717, 1.165) is 11.1 Å². The fourth-order valence-corrected chi connectivity index (χ4v) is 4.93. The van der Waals surface area contributed by atoms with Crippen molar-refractivity contribution >= 4 is 55.9 Å². The topological polar surface area (TPSA) is 64.0 Å². The second-order valence-corrected chi connectivity index (χ2v) is 9.33. The Hall–Kier alpha value is -2.54. The number of benzene rings is 3. The largest absolute Gasteiger partial charge is 0.322 e. The minimum Gasteiger partial charge on any atom is -0.322 e. The van der Waals surface area contributed by atoms with Crippen molar-refractivity contribution in [3.8, 4) is 0 Å². The summed E-state index contributed by atoms with van der Waals surface area (Å²) in [5.41, 5.74) is 3.29. The van der Waals surface area contributed by atoms with E-state index in [2.05, 4.69) is 10.3 Å². The van der Waals surface area contributed by atoms with Gasteiger partial charge in [0.2, 0.25) is 5.95 Å². The number of imidazole rings is 1. The molecule has 0 saturated heterocycles. The zero-order chi connectivity index (χ0) is 20.8. The van der Waals surface area contributed by atoms with Crippen molar-refractivity contribution in [2.24, 2.45) is 0 Å². The number of para-hydroxylation sites is 1. The zero-order valence-corrected chi connectivity index (χ0v) is 18.0. The lowest BCUT2D eigenvalue weighted by Gasteiger charge is -2.14. The van der Waals surface area contributed by atoms with Crippen LogP contribution in [0.1, 0.15) is 11.1 Å². The fourth-order valence-electron chi connectivity index (χ4n) is 3.03. The molecule has 4 rings (SSSR count). The Morgan fingerprint density at radius 1 is 0.897 bits per heavy atom. The number of hydrogen-bond donors (Lipinski definition) is 1. The van der Waals surface area contributed by atoms with Crippen LogP contribution in [0.25, 0.3) is 11.0 Å². The maximum Gasteiger partial charge on any atom is 0.271 e. The molecule has 1 N–H and O–H groups in total. The third kappa shape index (κ3) is 3.59. The summed E-state index contributed by atoms with van der Waals surface area (Å²) >= 11 is 12.5. The third-order valence-electron chi connectivity index (χ3n) is 4.53. The molecule has 29 heavy (non-hydrogen) atoms. The van der Waals surface area contributed by atoms with Gasteiger partial charge in [-0.25, -0.2) is 17.4 Å². The third-order valence-corrected chi connectivity index (χ3v) is 6.88. The summed E-state index contributed by atoms with van der Waals surface area (Å²) < 4.78 is 28.3. The van der Waals surface area contributed by atoms with Crippen LogP contribution in [0, 0.1) is 13.8 Å². The number of rotatable bonds is 4. The fraction of sp³-hybridized carbons (Fsp3) is 0.0952.